The van der Waals surface area contributed by atoms with E-state index in [1.165, 1.54) is 11.3 Å². The molecular weight excluding hydrogens is 288 g/mol. The van der Waals surface area contributed by atoms with E-state index >= 15 is 0 Å². The summed E-state index contributed by atoms with van der Waals surface area (Å²) in [6.45, 7) is 8.50. The van der Waals surface area contributed by atoms with Crippen molar-refractivity contribution in [3.05, 3.63) is 10.4 Å². The fourth-order valence-electron chi connectivity index (χ4n) is 1.98. The summed E-state index contributed by atoms with van der Waals surface area (Å²) < 4.78 is 5.08. The Labute approximate surface area is 130 Å². The van der Waals surface area contributed by atoms with Gasteiger partial charge in [0.25, 0.3) is 0 Å². The Morgan fingerprint density at radius 2 is 1.95 bits per heavy atom. The third-order valence-electron chi connectivity index (χ3n) is 3.06. The van der Waals surface area contributed by atoms with Crippen molar-refractivity contribution in [1.82, 2.24) is 0 Å². The third kappa shape index (κ3) is 3.75. The van der Waals surface area contributed by atoms with Crippen LogP contribution >= 0.6 is 11.3 Å². The van der Waals surface area contributed by atoms with Crippen molar-refractivity contribution in [2.45, 2.75) is 34.1 Å². The van der Waals surface area contributed by atoms with Crippen molar-refractivity contribution in [3.8, 4) is 0 Å². The molecule has 6 heteroatoms. The van der Waals surface area contributed by atoms with Gasteiger partial charge in [0.15, 0.2) is 5.78 Å². The predicted octanol–water partition coefficient (Wildman–Crippen LogP) is 3.19. The van der Waals surface area contributed by atoms with Gasteiger partial charge in [-0.05, 0) is 13.3 Å². The molecular formula is C15H24N2O3S. The van der Waals surface area contributed by atoms with Crippen LogP contribution < -0.4 is 10.6 Å². The Bertz CT molecular complexity index is 523. The number of nitrogens with zero attached hydrogens (tertiary/aromatic N) is 1. The highest BCUT2D eigenvalue weighted by Crippen LogP contribution is 2.39. The monoisotopic (exact) mass is 312 g/mol. The van der Waals surface area contributed by atoms with Gasteiger partial charge in [0, 0.05) is 19.5 Å². The summed E-state index contributed by atoms with van der Waals surface area (Å²) in [6, 6.07) is 0. The summed E-state index contributed by atoms with van der Waals surface area (Å²) in [5, 5.41) is 0.705. The number of nitrogens with two attached hydrogens (primary N) is 1. The molecule has 1 aromatic rings. The van der Waals surface area contributed by atoms with E-state index in [4.69, 9.17) is 10.5 Å². The van der Waals surface area contributed by atoms with Gasteiger partial charge in [-0.3, -0.25) is 4.79 Å². The second-order valence-electron chi connectivity index (χ2n) is 5.19. The maximum Gasteiger partial charge on any atom is 0.343 e. The number of ether oxygens (including phenoxy) is 1. The number of rotatable bonds is 7. The Hall–Kier alpha value is -1.56. The molecule has 0 aromatic carbocycles. The minimum atomic E-state index is -0.466. The molecule has 0 radical (unpaired) electrons. The minimum Gasteiger partial charge on any atom is -0.462 e. The molecule has 1 rings (SSSR count). The second kappa shape index (κ2) is 7.45. The van der Waals surface area contributed by atoms with Crippen molar-refractivity contribution >= 4 is 33.8 Å². The molecule has 21 heavy (non-hydrogen) atoms. The lowest BCUT2D eigenvalue weighted by molar-refractivity contribution is 0.0529. The predicted molar refractivity (Wildman–Crippen MR) is 87.4 cm³/mol. The standard InChI is InChI=1S/C15H24N2O3S/c1-6-8-17(5)14-10(15(19)20-7-2)11(16)13(21-14)12(18)9(3)4/h9H,6-8,16H2,1-5H3. The number of hydrogen-bond acceptors (Lipinski definition) is 6. The number of carbonyl (C=O) groups excluding carboxylic acids is 2. The molecule has 1 aromatic heterocycles. The Kier molecular flexibility index (Phi) is 6.20. The van der Waals surface area contributed by atoms with Gasteiger partial charge in [-0.1, -0.05) is 20.8 Å². The number of esters is 1. The first-order valence-electron chi connectivity index (χ1n) is 7.19. The highest BCUT2D eigenvalue weighted by atomic mass is 32.1. The number of nitrogen functional groups attached to an aromatic ring is 1. The summed E-state index contributed by atoms with van der Waals surface area (Å²) >= 11 is 1.28. The highest BCUT2D eigenvalue weighted by molar-refractivity contribution is 7.19. The average molecular weight is 312 g/mol. The van der Waals surface area contributed by atoms with E-state index in [2.05, 4.69) is 6.92 Å². The number of carbonyl (C=O) groups is 2. The molecule has 0 aliphatic carbocycles. The van der Waals surface area contributed by atoms with E-state index in [0.29, 0.717) is 15.4 Å². The first kappa shape index (κ1) is 17.5. The molecule has 1 heterocycles. The van der Waals surface area contributed by atoms with Crippen LogP contribution in [-0.4, -0.2) is 32.0 Å². The first-order valence-corrected chi connectivity index (χ1v) is 8.01. The summed E-state index contributed by atoms with van der Waals surface area (Å²) in [4.78, 5) is 26.8. The molecule has 0 aliphatic heterocycles. The SMILES string of the molecule is CCCN(C)c1sc(C(=O)C(C)C)c(N)c1C(=O)OCC. The largest absolute Gasteiger partial charge is 0.462 e. The van der Waals surface area contributed by atoms with Crippen LogP contribution in [0.4, 0.5) is 10.7 Å². The number of hydrogen-bond donors (Lipinski definition) is 1. The van der Waals surface area contributed by atoms with Gasteiger partial charge in [-0.25, -0.2) is 4.79 Å². The summed E-state index contributed by atoms with van der Waals surface area (Å²) in [5.74, 6) is -0.670. The van der Waals surface area contributed by atoms with Crippen molar-refractivity contribution in [2.75, 3.05) is 30.8 Å². The molecule has 0 saturated carbocycles. The second-order valence-corrected chi connectivity index (χ2v) is 6.19. The lowest BCUT2D eigenvalue weighted by Gasteiger charge is -2.17. The Morgan fingerprint density at radius 3 is 2.43 bits per heavy atom. The lowest BCUT2D eigenvalue weighted by Crippen LogP contribution is -2.20. The highest BCUT2D eigenvalue weighted by Gasteiger charge is 2.28. The molecule has 0 saturated heterocycles. The van der Waals surface area contributed by atoms with E-state index in [1.807, 2.05) is 25.8 Å². The topological polar surface area (TPSA) is 72.6 Å². The Balaban J connectivity index is 3.36. The van der Waals surface area contributed by atoms with Crippen LogP contribution in [0.25, 0.3) is 0 Å². The van der Waals surface area contributed by atoms with Gasteiger partial charge in [-0.2, -0.15) is 0 Å². The fraction of sp³-hybridized carbons (Fsp3) is 0.600. The molecule has 0 atom stereocenters. The molecule has 0 unspecified atom stereocenters. The maximum absolute atomic E-state index is 12.3. The molecule has 0 fully saturated rings. The summed E-state index contributed by atoms with van der Waals surface area (Å²) in [5.41, 5.74) is 6.64. The van der Waals surface area contributed by atoms with Gasteiger partial charge >= 0.3 is 5.97 Å². The number of thiophene rings is 1. The van der Waals surface area contributed by atoms with E-state index in [9.17, 15) is 9.59 Å². The molecule has 118 valence electrons. The van der Waals surface area contributed by atoms with E-state index in [-0.39, 0.29) is 24.0 Å². The zero-order chi connectivity index (χ0) is 16.2. The van der Waals surface area contributed by atoms with Crippen LogP contribution in [0.3, 0.4) is 0 Å². The van der Waals surface area contributed by atoms with E-state index in [0.717, 1.165) is 13.0 Å². The van der Waals surface area contributed by atoms with Gasteiger partial charge in [0.05, 0.1) is 17.2 Å². The smallest absolute Gasteiger partial charge is 0.343 e. The normalized spacial score (nSPS) is 10.8. The van der Waals surface area contributed by atoms with Crippen LogP contribution in [0, 0.1) is 5.92 Å². The average Bonchev–Trinajstić information content (AvgIpc) is 2.76. The third-order valence-corrected chi connectivity index (χ3v) is 4.39. The molecule has 0 amide bonds. The quantitative estimate of drug-likeness (QED) is 0.618. The van der Waals surface area contributed by atoms with Gasteiger partial charge in [0.2, 0.25) is 0 Å². The van der Waals surface area contributed by atoms with Crippen LogP contribution in [0.2, 0.25) is 0 Å². The van der Waals surface area contributed by atoms with Crippen molar-refractivity contribution in [1.29, 1.82) is 0 Å². The molecule has 5 nitrogen and oxygen atoms in total. The molecule has 2 N–H and O–H groups in total. The van der Waals surface area contributed by atoms with Crippen molar-refractivity contribution in [2.24, 2.45) is 5.92 Å². The molecule has 0 aliphatic rings. The first-order chi connectivity index (χ1) is 9.84. The molecule has 0 bridgehead atoms. The Morgan fingerprint density at radius 1 is 1.33 bits per heavy atom. The van der Waals surface area contributed by atoms with Crippen LogP contribution in [0.1, 0.15) is 54.1 Å². The van der Waals surface area contributed by atoms with Crippen LogP contribution in [-0.2, 0) is 4.74 Å². The van der Waals surface area contributed by atoms with Gasteiger partial charge in [0.1, 0.15) is 10.6 Å². The number of ketones is 1. The van der Waals surface area contributed by atoms with Crippen LogP contribution in [0.5, 0.6) is 0 Å². The van der Waals surface area contributed by atoms with Crippen molar-refractivity contribution < 1.29 is 14.3 Å². The molecule has 0 spiro atoms. The van der Waals surface area contributed by atoms with Crippen LogP contribution in [0.15, 0.2) is 0 Å². The number of anilines is 2. The summed E-state index contributed by atoms with van der Waals surface area (Å²) in [6.07, 6.45) is 0.935. The lowest BCUT2D eigenvalue weighted by atomic mass is 10.1. The van der Waals surface area contributed by atoms with Gasteiger partial charge in [-0.15, -0.1) is 11.3 Å². The maximum atomic E-state index is 12.3. The van der Waals surface area contributed by atoms with Gasteiger partial charge < -0.3 is 15.4 Å². The zero-order valence-corrected chi connectivity index (χ0v) is 14.2. The number of Topliss-reactive ketones (excluding diaryl/α,β-unsaturated/α-hetero) is 1. The fourth-order valence-corrected chi connectivity index (χ4v) is 3.27. The van der Waals surface area contributed by atoms with Crippen molar-refractivity contribution in [3.63, 3.8) is 0 Å². The minimum absolute atomic E-state index is 0.0424. The summed E-state index contributed by atoms with van der Waals surface area (Å²) in [7, 11) is 1.89. The van der Waals surface area contributed by atoms with E-state index in [1.54, 1.807) is 6.92 Å². The zero-order valence-electron chi connectivity index (χ0n) is 13.4. The van der Waals surface area contributed by atoms with E-state index < -0.39 is 5.97 Å².